The number of benzene rings is 7. The first-order valence-corrected chi connectivity index (χ1v) is 19.6. The molecule has 0 atom stereocenters. The van der Waals surface area contributed by atoms with Gasteiger partial charge in [-0.1, -0.05) is 108 Å². The van der Waals surface area contributed by atoms with Crippen molar-refractivity contribution in [3.05, 3.63) is 140 Å². The predicted molar refractivity (Wildman–Crippen MR) is 250 cm³/mol. The highest BCUT2D eigenvalue weighted by Crippen LogP contribution is 2.42. The largest absolute Gasteiger partial charge is 0.309 e. The maximum absolute atomic E-state index is 5.29. The Kier molecular flexibility index (Phi) is 7.93. The van der Waals surface area contributed by atoms with Crippen LogP contribution in [-0.2, 0) is 0 Å². The van der Waals surface area contributed by atoms with Crippen LogP contribution in [0.15, 0.2) is 140 Å². The quantitative estimate of drug-likeness (QED) is 0.257. The van der Waals surface area contributed by atoms with Crippen LogP contribution in [0.2, 0.25) is 0 Å². The summed E-state index contributed by atoms with van der Waals surface area (Å²) in [6.45, 7) is 0. The van der Waals surface area contributed by atoms with E-state index in [1.54, 1.807) is 0 Å². The zero-order valence-corrected chi connectivity index (χ0v) is 32.3. The predicted octanol–water partition coefficient (Wildman–Crippen LogP) is 3.30. The maximum atomic E-state index is 5.29. The van der Waals surface area contributed by atoms with E-state index in [4.69, 9.17) is 15.0 Å². The number of nitrogens with zero attached hydrogens (tertiary/aromatic N) is 4. The van der Waals surface area contributed by atoms with Crippen LogP contribution in [0.25, 0.3) is 93.0 Å². The zero-order chi connectivity index (χ0) is 37.4. The topological polar surface area (TPSA) is 43.6 Å². The molecule has 254 valence electrons. The van der Waals surface area contributed by atoms with Gasteiger partial charge >= 0.3 is 0 Å². The molecule has 0 unspecified atom stereocenters. The molecule has 10 aromatic rings. The minimum absolute atomic E-state index is 0.679. The van der Waals surface area contributed by atoms with Gasteiger partial charge in [-0.2, -0.15) is 0 Å². The summed E-state index contributed by atoms with van der Waals surface area (Å²) >= 11 is 1.82. The highest BCUT2D eigenvalue weighted by Gasteiger charge is 2.21. The highest BCUT2D eigenvalue weighted by molar-refractivity contribution is 7.26. The van der Waals surface area contributed by atoms with Gasteiger partial charge in [-0.3, -0.25) is 0 Å². The third-order valence-electron chi connectivity index (χ3n) is 11.6. The van der Waals surface area contributed by atoms with Crippen molar-refractivity contribution in [1.29, 1.82) is 0 Å². The standard InChI is InChI=1S/C45H33B5N4S/c46-38-37(39(47)41(49)42(50)40(38)48)45-52-43(24-10-3-1-4-11-24)51-44(53-45)30-15-9-17-34-36(30)29-20-18-26(23-35(29)55-34)25-19-21-33-31(22-25)28-14-7-8-16-32(28)54(33)27-12-5-2-6-13-27/h1-23H,46-50H2. The molecule has 0 bridgehead atoms. The van der Waals surface area contributed by atoms with Crippen molar-refractivity contribution < 1.29 is 0 Å². The fourth-order valence-electron chi connectivity index (χ4n) is 8.36. The van der Waals surface area contributed by atoms with Crippen molar-refractivity contribution in [3.8, 4) is 51.0 Å². The number of fused-ring (bicyclic) bond motifs is 6. The lowest BCUT2D eigenvalue weighted by atomic mass is 9.60. The van der Waals surface area contributed by atoms with Crippen molar-refractivity contribution >= 4 is 120 Å². The molecule has 0 fully saturated rings. The first-order chi connectivity index (χ1) is 26.9. The first-order valence-electron chi connectivity index (χ1n) is 18.8. The van der Waals surface area contributed by atoms with Gasteiger partial charge in [0.2, 0.25) is 0 Å². The molecule has 55 heavy (non-hydrogen) atoms. The van der Waals surface area contributed by atoms with E-state index >= 15 is 0 Å². The second-order valence-electron chi connectivity index (χ2n) is 14.6. The Morgan fingerprint density at radius 2 is 1.04 bits per heavy atom. The van der Waals surface area contributed by atoms with Crippen LogP contribution in [0.4, 0.5) is 0 Å². The van der Waals surface area contributed by atoms with E-state index in [-0.39, 0.29) is 0 Å². The van der Waals surface area contributed by atoms with E-state index in [1.165, 1.54) is 86.1 Å². The Bertz CT molecular complexity index is 3130. The smallest absolute Gasteiger partial charge is 0.164 e. The van der Waals surface area contributed by atoms with Gasteiger partial charge < -0.3 is 4.57 Å². The van der Waals surface area contributed by atoms with E-state index in [0.29, 0.717) is 17.5 Å². The third-order valence-corrected chi connectivity index (χ3v) is 12.8. The van der Waals surface area contributed by atoms with Crippen LogP contribution >= 0.6 is 11.3 Å². The molecule has 0 amide bonds. The molecule has 0 aliphatic heterocycles. The molecule has 10 heteroatoms. The number of hydrogen-bond donors (Lipinski definition) is 0. The van der Waals surface area contributed by atoms with Crippen molar-refractivity contribution in [1.82, 2.24) is 19.5 Å². The molecule has 3 aromatic heterocycles. The second kappa shape index (κ2) is 13.0. The molecule has 7 aromatic carbocycles. The van der Waals surface area contributed by atoms with E-state index < -0.39 is 0 Å². The monoisotopic (exact) mass is 716 g/mol. The number of thiophene rings is 1. The molecule has 0 aliphatic rings. The van der Waals surface area contributed by atoms with Crippen LogP contribution in [0.1, 0.15) is 0 Å². The molecular formula is C45H33B5N4S. The fourth-order valence-corrected chi connectivity index (χ4v) is 9.53. The Morgan fingerprint density at radius 3 is 1.82 bits per heavy atom. The number of rotatable bonds is 5. The van der Waals surface area contributed by atoms with Crippen LogP contribution in [0, 0.1) is 0 Å². The molecule has 0 saturated heterocycles. The lowest BCUT2D eigenvalue weighted by Crippen LogP contribution is -2.55. The Hall–Kier alpha value is -6.11. The van der Waals surface area contributed by atoms with Gasteiger partial charge in [0.15, 0.2) is 17.5 Å². The summed E-state index contributed by atoms with van der Waals surface area (Å²) in [5, 5.41) is 4.89. The lowest BCUT2D eigenvalue weighted by Gasteiger charge is -2.20. The van der Waals surface area contributed by atoms with Crippen LogP contribution in [0.5, 0.6) is 0 Å². The van der Waals surface area contributed by atoms with E-state index in [2.05, 4.69) is 165 Å². The molecule has 10 rings (SSSR count). The molecule has 3 heterocycles. The average molecular weight is 716 g/mol. The minimum atomic E-state index is 0.679. The third kappa shape index (κ3) is 5.38. The number of para-hydroxylation sites is 2. The number of aromatic nitrogens is 4. The summed E-state index contributed by atoms with van der Waals surface area (Å²) in [5.41, 5.74) is 15.4. The minimum Gasteiger partial charge on any atom is -0.309 e. The SMILES string of the molecule is Bc1c(B)c(B)c(-c2nc(-c3ccccc3)nc(-c3cccc4sc5cc(-c6ccc7c(c6)c6ccccc6n7-c6ccccc6)ccc5c34)n2)c(B)c1B. The summed E-state index contributed by atoms with van der Waals surface area (Å²) in [5.74, 6) is 2.08. The Balaban J connectivity index is 1.14. The first kappa shape index (κ1) is 33.5. The summed E-state index contributed by atoms with van der Waals surface area (Å²) in [7, 11) is 11.0. The molecule has 4 nitrogen and oxygen atoms in total. The molecular weight excluding hydrogens is 683 g/mol. The highest BCUT2D eigenvalue weighted by atomic mass is 32.1. The zero-order valence-electron chi connectivity index (χ0n) is 31.5. The van der Waals surface area contributed by atoms with Crippen molar-refractivity contribution in [3.63, 3.8) is 0 Å². The normalized spacial score (nSPS) is 11.6. The fraction of sp³-hybridized carbons (Fsp3) is 0. The van der Waals surface area contributed by atoms with Crippen LogP contribution in [0.3, 0.4) is 0 Å². The van der Waals surface area contributed by atoms with Gasteiger partial charge in [0.05, 0.1) is 11.0 Å². The van der Waals surface area contributed by atoms with Crippen molar-refractivity contribution in [2.75, 3.05) is 0 Å². The molecule has 0 saturated carbocycles. The van der Waals surface area contributed by atoms with Crippen LogP contribution < -0.4 is 27.3 Å². The molecule has 0 N–H and O–H groups in total. The van der Waals surface area contributed by atoms with Gasteiger partial charge in [0.25, 0.3) is 0 Å². The van der Waals surface area contributed by atoms with E-state index in [9.17, 15) is 0 Å². The summed E-state index contributed by atoms with van der Waals surface area (Å²) in [4.78, 5) is 15.6. The molecule has 0 spiro atoms. The Morgan fingerprint density at radius 1 is 0.418 bits per heavy atom. The maximum Gasteiger partial charge on any atom is 0.164 e. The van der Waals surface area contributed by atoms with E-state index in [0.717, 1.165) is 16.7 Å². The van der Waals surface area contributed by atoms with Gasteiger partial charge in [0, 0.05) is 53.3 Å². The van der Waals surface area contributed by atoms with Crippen LogP contribution in [-0.4, -0.2) is 58.8 Å². The average Bonchev–Trinajstić information content (AvgIpc) is 3.78. The van der Waals surface area contributed by atoms with Gasteiger partial charge in [0.1, 0.15) is 39.2 Å². The number of hydrogen-bond acceptors (Lipinski definition) is 4. The summed E-state index contributed by atoms with van der Waals surface area (Å²) < 4.78 is 4.81. The summed E-state index contributed by atoms with van der Waals surface area (Å²) in [6, 6.07) is 49.9. The second-order valence-corrected chi connectivity index (χ2v) is 15.7. The van der Waals surface area contributed by atoms with Gasteiger partial charge in [-0.15, -0.1) is 27.7 Å². The lowest BCUT2D eigenvalue weighted by molar-refractivity contribution is 1.08. The van der Waals surface area contributed by atoms with Crippen molar-refractivity contribution in [2.45, 2.75) is 0 Å². The van der Waals surface area contributed by atoms with Gasteiger partial charge in [-0.05, 0) is 53.6 Å². The molecule has 0 aliphatic carbocycles. The summed E-state index contributed by atoms with van der Waals surface area (Å²) in [6.07, 6.45) is 0. The van der Waals surface area contributed by atoms with Crippen molar-refractivity contribution in [2.24, 2.45) is 0 Å². The van der Waals surface area contributed by atoms with Gasteiger partial charge in [-0.25, -0.2) is 15.0 Å². The van der Waals surface area contributed by atoms with E-state index in [1.807, 2.05) is 29.5 Å². The molecule has 0 radical (unpaired) electrons. The Labute approximate surface area is 328 Å².